The number of hydrogen-bond acceptors (Lipinski definition) is 5. The summed E-state index contributed by atoms with van der Waals surface area (Å²) >= 11 is 0. The Kier molecular flexibility index (Phi) is 4.96. The van der Waals surface area contributed by atoms with Crippen LogP contribution in [0, 0.1) is 12.8 Å². The molecule has 0 aliphatic carbocycles. The van der Waals surface area contributed by atoms with Crippen molar-refractivity contribution in [3.63, 3.8) is 0 Å². The van der Waals surface area contributed by atoms with E-state index in [9.17, 15) is 9.59 Å². The predicted molar refractivity (Wildman–Crippen MR) is 106 cm³/mol. The minimum absolute atomic E-state index is 0.00992. The molecule has 29 heavy (non-hydrogen) atoms. The third kappa shape index (κ3) is 3.14. The van der Waals surface area contributed by atoms with Crippen molar-refractivity contribution in [2.75, 3.05) is 19.6 Å². The summed E-state index contributed by atoms with van der Waals surface area (Å²) in [6.07, 6.45) is 6.50. The van der Waals surface area contributed by atoms with E-state index in [-0.39, 0.29) is 17.7 Å². The van der Waals surface area contributed by atoms with Gasteiger partial charge in [0.25, 0.3) is 5.91 Å². The fourth-order valence-corrected chi connectivity index (χ4v) is 4.86. The Morgan fingerprint density at radius 3 is 2.83 bits per heavy atom. The van der Waals surface area contributed by atoms with Gasteiger partial charge in [-0.3, -0.25) is 9.59 Å². The fraction of sp³-hybridized carbons (Fsp3) is 0.619. The van der Waals surface area contributed by atoms with Gasteiger partial charge >= 0.3 is 0 Å². The van der Waals surface area contributed by atoms with E-state index in [0.29, 0.717) is 37.6 Å². The van der Waals surface area contributed by atoms with Gasteiger partial charge in [-0.15, -0.1) is 0 Å². The van der Waals surface area contributed by atoms with E-state index in [1.807, 2.05) is 34.7 Å². The molecule has 1 fully saturated rings. The van der Waals surface area contributed by atoms with Gasteiger partial charge in [-0.25, -0.2) is 9.97 Å². The molecule has 2 unspecified atom stereocenters. The minimum Gasteiger partial charge on any atom is -0.448 e. The summed E-state index contributed by atoms with van der Waals surface area (Å²) in [5, 5.41) is 0. The number of fused-ring (bicyclic) bond motifs is 2. The molecule has 2 amide bonds. The van der Waals surface area contributed by atoms with Gasteiger partial charge in [-0.1, -0.05) is 20.3 Å². The zero-order chi connectivity index (χ0) is 20.8. The van der Waals surface area contributed by atoms with Crippen molar-refractivity contribution in [1.82, 2.24) is 24.3 Å². The van der Waals surface area contributed by atoms with Crippen molar-refractivity contribution in [3.05, 3.63) is 35.6 Å². The number of likely N-dealkylation sites (tertiary alicyclic amines) is 1. The summed E-state index contributed by atoms with van der Waals surface area (Å²) in [5.74, 6) is 0.462. The molecule has 2 atom stereocenters. The Bertz CT molecular complexity index is 933. The molecule has 0 radical (unpaired) electrons. The van der Waals surface area contributed by atoms with Crippen LogP contribution in [0.1, 0.15) is 60.9 Å². The van der Waals surface area contributed by atoms with Crippen LogP contribution >= 0.6 is 0 Å². The highest BCUT2D eigenvalue weighted by atomic mass is 16.3. The Balaban J connectivity index is 1.70. The summed E-state index contributed by atoms with van der Waals surface area (Å²) in [5.41, 5.74) is 1.75. The maximum absolute atomic E-state index is 13.4. The third-order valence-electron chi connectivity index (χ3n) is 6.37. The first-order valence-electron chi connectivity index (χ1n) is 10.4. The number of hydrogen-bond donors (Lipinski definition) is 0. The first-order valence-corrected chi connectivity index (χ1v) is 10.4. The molecule has 0 N–H and O–H groups in total. The van der Waals surface area contributed by atoms with E-state index in [2.05, 4.69) is 16.9 Å². The van der Waals surface area contributed by atoms with Crippen LogP contribution in [0.25, 0.3) is 0 Å². The fourth-order valence-electron chi connectivity index (χ4n) is 4.86. The summed E-state index contributed by atoms with van der Waals surface area (Å²) in [7, 11) is 1.99. The van der Waals surface area contributed by atoms with Gasteiger partial charge in [-0.2, -0.15) is 0 Å². The van der Waals surface area contributed by atoms with Crippen molar-refractivity contribution in [2.45, 2.75) is 52.0 Å². The number of rotatable bonds is 4. The molecule has 0 aromatic carbocycles. The van der Waals surface area contributed by atoms with E-state index in [0.717, 1.165) is 30.7 Å². The molecule has 2 aliphatic rings. The first kappa shape index (κ1) is 19.7. The van der Waals surface area contributed by atoms with Crippen molar-refractivity contribution in [1.29, 1.82) is 0 Å². The molecule has 2 aromatic rings. The standard InChI is InChI=1S/C21H29N5O3/c1-5-6-14(2)19(27)25-10-8-21(12-25)18-17(24(4)13-22-18)7-9-26(21)20(28)16-11-29-15(3)23-16/h11,13-14H,5-10,12H2,1-4H3. The lowest BCUT2D eigenvalue weighted by atomic mass is 9.85. The van der Waals surface area contributed by atoms with Crippen LogP contribution in [-0.2, 0) is 23.8 Å². The normalized spacial score (nSPS) is 22.2. The zero-order valence-electron chi connectivity index (χ0n) is 17.6. The maximum atomic E-state index is 13.4. The SMILES string of the molecule is CCCC(C)C(=O)N1CCC2(C1)c1ncn(C)c1CCN2C(=O)c1coc(C)n1. The van der Waals surface area contributed by atoms with Crippen LogP contribution < -0.4 is 0 Å². The van der Waals surface area contributed by atoms with Gasteiger partial charge in [-0.05, 0) is 12.8 Å². The molecule has 0 saturated carbocycles. The van der Waals surface area contributed by atoms with Crippen molar-refractivity contribution in [3.8, 4) is 0 Å². The van der Waals surface area contributed by atoms with E-state index in [1.54, 1.807) is 6.92 Å². The van der Waals surface area contributed by atoms with E-state index in [4.69, 9.17) is 4.42 Å². The number of carbonyl (C=O) groups is 2. The van der Waals surface area contributed by atoms with Crippen LogP contribution in [0.5, 0.6) is 0 Å². The third-order valence-corrected chi connectivity index (χ3v) is 6.37. The van der Waals surface area contributed by atoms with Gasteiger partial charge in [0.05, 0.1) is 12.0 Å². The molecule has 1 saturated heterocycles. The summed E-state index contributed by atoms with van der Waals surface area (Å²) < 4.78 is 7.31. The number of amides is 2. The summed E-state index contributed by atoms with van der Waals surface area (Å²) in [4.78, 5) is 39.1. The monoisotopic (exact) mass is 399 g/mol. The molecule has 8 heteroatoms. The summed E-state index contributed by atoms with van der Waals surface area (Å²) in [6, 6.07) is 0. The molecule has 4 rings (SSSR count). The van der Waals surface area contributed by atoms with E-state index >= 15 is 0 Å². The van der Waals surface area contributed by atoms with E-state index < -0.39 is 5.54 Å². The number of imidazole rings is 1. The van der Waals surface area contributed by atoms with Crippen LogP contribution in [0.4, 0.5) is 0 Å². The molecule has 4 heterocycles. The molecular formula is C21H29N5O3. The largest absolute Gasteiger partial charge is 0.448 e. The Hall–Kier alpha value is -2.64. The topological polar surface area (TPSA) is 84.5 Å². The molecule has 2 aliphatic heterocycles. The molecule has 1 spiro atoms. The minimum atomic E-state index is -0.611. The summed E-state index contributed by atoms with van der Waals surface area (Å²) in [6.45, 7) is 7.49. The number of aromatic nitrogens is 3. The maximum Gasteiger partial charge on any atom is 0.276 e. The number of aryl methyl sites for hydroxylation is 2. The van der Waals surface area contributed by atoms with Crippen molar-refractivity contribution < 1.29 is 14.0 Å². The first-order chi connectivity index (χ1) is 13.9. The second-order valence-corrected chi connectivity index (χ2v) is 8.34. The average molecular weight is 399 g/mol. The van der Waals surface area contributed by atoms with Crippen LogP contribution in [-0.4, -0.2) is 55.8 Å². The van der Waals surface area contributed by atoms with Gasteiger partial charge in [0.1, 0.15) is 11.8 Å². The van der Waals surface area contributed by atoms with Crippen molar-refractivity contribution >= 4 is 11.8 Å². The number of carbonyl (C=O) groups excluding carboxylic acids is 2. The molecule has 156 valence electrons. The average Bonchev–Trinajstić information content (AvgIpc) is 3.42. The predicted octanol–water partition coefficient (Wildman–Crippen LogP) is 2.28. The Morgan fingerprint density at radius 2 is 2.14 bits per heavy atom. The second-order valence-electron chi connectivity index (χ2n) is 8.34. The van der Waals surface area contributed by atoms with Gasteiger partial charge in [0.2, 0.25) is 5.91 Å². The molecule has 8 nitrogen and oxygen atoms in total. The zero-order valence-corrected chi connectivity index (χ0v) is 17.6. The highest BCUT2D eigenvalue weighted by Gasteiger charge is 2.53. The van der Waals surface area contributed by atoms with Crippen molar-refractivity contribution in [2.24, 2.45) is 13.0 Å². The Labute approximate surface area is 170 Å². The van der Waals surface area contributed by atoms with Crippen LogP contribution in [0.15, 0.2) is 17.0 Å². The van der Waals surface area contributed by atoms with Gasteiger partial charge < -0.3 is 18.8 Å². The molecule has 2 aromatic heterocycles. The quantitative estimate of drug-likeness (QED) is 0.787. The lowest BCUT2D eigenvalue weighted by Crippen LogP contribution is -2.55. The van der Waals surface area contributed by atoms with E-state index in [1.165, 1.54) is 6.26 Å². The number of nitrogens with zero attached hydrogens (tertiary/aromatic N) is 5. The highest BCUT2D eigenvalue weighted by molar-refractivity contribution is 5.93. The van der Waals surface area contributed by atoms with Gasteiger partial charge in [0, 0.05) is 51.6 Å². The lowest BCUT2D eigenvalue weighted by molar-refractivity contribution is -0.134. The second kappa shape index (κ2) is 7.31. The van der Waals surface area contributed by atoms with Gasteiger partial charge in [0.15, 0.2) is 11.6 Å². The smallest absolute Gasteiger partial charge is 0.276 e. The molecular weight excluding hydrogens is 370 g/mol. The Morgan fingerprint density at radius 1 is 1.34 bits per heavy atom. The lowest BCUT2D eigenvalue weighted by Gasteiger charge is -2.43. The molecule has 0 bridgehead atoms. The van der Waals surface area contributed by atoms with Crippen LogP contribution in [0.3, 0.4) is 0 Å². The van der Waals surface area contributed by atoms with Crippen LogP contribution in [0.2, 0.25) is 0 Å². The number of oxazole rings is 1. The highest BCUT2D eigenvalue weighted by Crippen LogP contribution is 2.43.